The molecule has 3 N–H and O–H groups in total. The first kappa shape index (κ1) is 19.5. The number of sulfonamides is 1. The van der Waals surface area contributed by atoms with E-state index in [-0.39, 0.29) is 6.04 Å². The Labute approximate surface area is 158 Å². The van der Waals surface area contributed by atoms with E-state index < -0.39 is 32.7 Å². The van der Waals surface area contributed by atoms with Gasteiger partial charge in [0.15, 0.2) is 0 Å². The maximum absolute atomic E-state index is 13.7. The molecule has 2 aromatic carbocycles. The monoisotopic (exact) mass is 391 g/mol. The van der Waals surface area contributed by atoms with Gasteiger partial charge in [0.05, 0.1) is 6.04 Å². The Morgan fingerprint density at radius 3 is 2.70 bits per heavy atom. The zero-order valence-electron chi connectivity index (χ0n) is 14.9. The van der Waals surface area contributed by atoms with Crippen molar-refractivity contribution >= 4 is 15.9 Å². The highest BCUT2D eigenvalue weighted by atomic mass is 32.2. The number of hydrogen-bond acceptors (Lipinski definition) is 4. The van der Waals surface area contributed by atoms with Gasteiger partial charge >= 0.3 is 0 Å². The Bertz CT molecular complexity index is 933. The van der Waals surface area contributed by atoms with Crippen molar-refractivity contribution in [2.75, 3.05) is 13.1 Å². The molecule has 1 aliphatic rings. The summed E-state index contributed by atoms with van der Waals surface area (Å²) in [4.78, 5) is 11.9. The van der Waals surface area contributed by atoms with Gasteiger partial charge < -0.3 is 10.6 Å². The fraction of sp³-hybridized carbons (Fsp3) is 0.316. The molecule has 1 amide bonds. The molecule has 2 aromatic rings. The van der Waals surface area contributed by atoms with Crippen LogP contribution in [0.4, 0.5) is 4.39 Å². The van der Waals surface area contributed by atoms with Gasteiger partial charge in [-0.1, -0.05) is 36.4 Å². The summed E-state index contributed by atoms with van der Waals surface area (Å²) in [6.45, 7) is 2.57. The van der Waals surface area contributed by atoms with Gasteiger partial charge in [-0.25, -0.2) is 12.8 Å². The summed E-state index contributed by atoms with van der Waals surface area (Å²) < 4.78 is 40.5. The van der Waals surface area contributed by atoms with Crippen LogP contribution in [0.3, 0.4) is 0 Å². The van der Waals surface area contributed by atoms with Gasteiger partial charge in [-0.2, -0.15) is 4.72 Å². The summed E-state index contributed by atoms with van der Waals surface area (Å²) >= 11 is 0. The molecular weight excluding hydrogens is 369 g/mol. The highest BCUT2D eigenvalue weighted by Gasteiger charge is 2.25. The Morgan fingerprint density at radius 2 is 1.93 bits per heavy atom. The predicted octanol–water partition coefficient (Wildman–Crippen LogP) is 1.50. The average Bonchev–Trinajstić information content (AvgIpc) is 2.65. The average molecular weight is 391 g/mol. The van der Waals surface area contributed by atoms with Crippen molar-refractivity contribution in [3.05, 3.63) is 65.5 Å². The number of rotatable bonds is 6. The number of carbonyl (C=O) groups is 1. The zero-order chi connectivity index (χ0) is 19.4. The maximum Gasteiger partial charge on any atom is 0.244 e. The second-order valence-electron chi connectivity index (χ2n) is 6.47. The van der Waals surface area contributed by atoms with Gasteiger partial charge in [0.25, 0.3) is 0 Å². The maximum atomic E-state index is 13.7. The van der Waals surface area contributed by atoms with Crippen LogP contribution in [0.15, 0.2) is 53.4 Å². The number of hydrogen-bond donors (Lipinski definition) is 3. The molecule has 0 saturated carbocycles. The third-order valence-electron chi connectivity index (χ3n) is 4.55. The van der Waals surface area contributed by atoms with Gasteiger partial charge in [-0.3, -0.25) is 4.79 Å². The van der Waals surface area contributed by atoms with Crippen LogP contribution in [-0.2, 0) is 21.2 Å². The molecule has 0 bridgehead atoms. The second-order valence-corrected chi connectivity index (χ2v) is 8.16. The summed E-state index contributed by atoms with van der Waals surface area (Å²) in [7, 11) is -4.13. The van der Waals surface area contributed by atoms with E-state index in [1.54, 1.807) is 0 Å². The number of amides is 1. The van der Waals surface area contributed by atoms with Crippen molar-refractivity contribution in [3.8, 4) is 0 Å². The largest absolute Gasteiger partial charge is 0.353 e. The van der Waals surface area contributed by atoms with Crippen molar-refractivity contribution in [1.29, 1.82) is 0 Å². The van der Waals surface area contributed by atoms with E-state index in [2.05, 4.69) is 21.4 Å². The molecule has 0 aliphatic carbocycles. The molecule has 2 atom stereocenters. The van der Waals surface area contributed by atoms with Crippen LogP contribution in [-0.4, -0.2) is 33.5 Å². The Morgan fingerprint density at radius 1 is 1.22 bits per heavy atom. The van der Waals surface area contributed by atoms with E-state index in [0.717, 1.165) is 30.7 Å². The summed E-state index contributed by atoms with van der Waals surface area (Å²) in [5.74, 6) is -1.33. The van der Waals surface area contributed by atoms with Crippen LogP contribution in [0.25, 0.3) is 0 Å². The number of benzene rings is 2. The standard InChI is InChI=1S/C19H22FN3O3S/c1-13(23-27(25,26)18-9-5-4-8-16(18)20)19(24)22-12-17-15-7-3-2-6-14(15)10-11-21-17/h2-9,13,17,21,23H,10-12H2,1H3,(H,22,24). The number of halogens is 1. The lowest BCUT2D eigenvalue weighted by atomic mass is 9.94. The second kappa shape index (κ2) is 8.16. The third-order valence-corrected chi connectivity index (χ3v) is 6.12. The van der Waals surface area contributed by atoms with Crippen molar-refractivity contribution in [2.24, 2.45) is 0 Å². The van der Waals surface area contributed by atoms with Gasteiger partial charge in [0.1, 0.15) is 10.7 Å². The molecule has 0 fully saturated rings. The summed E-state index contributed by atoms with van der Waals surface area (Å²) in [5.41, 5.74) is 2.37. The SMILES string of the molecule is CC(NS(=O)(=O)c1ccccc1F)C(=O)NCC1NCCc2ccccc21. The molecule has 0 spiro atoms. The lowest BCUT2D eigenvalue weighted by Gasteiger charge is -2.27. The Kier molecular flexibility index (Phi) is 5.88. The molecule has 0 aromatic heterocycles. The minimum Gasteiger partial charge on any atom is -0.353 e. The highest BCUT2D eigenvalue weighted by molar-refractivity contribution is 7.89. The van der Waals surface area contributed by atoms with E-state index >= 15 is 0 Å². The molecule has 0 radical (unpaired) electrons. The molecule has 3 rings (SSSR count). The van der Waals surface area contributed by atoms with E-state index in [9.17, 15) is 17.6 Å². The molecule has 1 aliphatic heterocycles. The van der Waals surface area contributed by atoms with Crippen molar-refractivity contribution in [3.63, 3.8) is 0 Å². The third kappa shape index (κ3) is 4.52. The molecule has 1 heterocycles. The first-order valence-electron chi connectivity index (χ1n) is 8.74. The van der Waals surface area contributed by atoms with E-state index in [1.807, 2.05) is 18.2 Å². The van der Waals surface area contributed by atoms with Crippen LogP contribution in [0, 0.1) is 5.82 Å². The van der Waals surface area contributed by atoms with Crippen LogP contribution < -0.4 is 15.4 Å². The molecule has 2 unspecified atom stereocenters. The molecular formula is C19H22FN3O3S. The number of carbonyl (C=O) groups excluding carboxylic acids is 1. The van der Waals surface area contributed by atoms with Crippen LogP contribution >= 0.6 is 0 Å². The van der Waals surface area contributed by atoms with E-state index in [0.29, 0.717) is 6.54 Å². The van der Waals surface area contributed by atoms with Crippen molar-refractivity contribution in [1.82, 2.24) is 15.4 Å². The fourth-order valence-corrected chi connectivity index (χ4v) is 4.43. The van der Waals surface area contributed by atoms with Crippen LogP contribution in [0.1, 0.15) is 24.1 Å². The topological polar surface area (TPSA) is 87.3 Å². The first-order chi connectivity index (χ1) is 12.9. The van der Waals surface area contributed by atoms with Gasteiger partial charge in [0, 0.05) is 12.6 Å². The predicted molar refractivity (Wildman–Crippen MR) is 100 cm³/mol. The Hall–Kier alpha value is -2.29. The van der Waals surface area contributed by atoms with Gasteiger partial charge in [-0.15, -0.1) is 0 Å². The number of fused-ring (bicyclic) bond motifs is 1. The zero-order valence-corrected chi connectivity index (χ0v) is 15.7. The molecule has 0 saturated heterocycles. The van der Waals surface area contributed by atoms with Gasteiger partial charge in [-0.05, 0) is 43.1 Å². The molecule has 144 valence electrons. The highest BCUT2D eigenvalue weighted by Crippen LogP contribution is 2.21. The van der Waals surface area contributed by atoms with Crippen LogP contribution in [0.2, 0.25) is 0 Å². The minimum absolute atomic E-state index is 0.0331. The van der Waals surface area contributed by atoms with E-state index in [4.69, 9.17) is 0 Å². The van der Waals surface area contributed by atoms with Crippen molar-refractivity contribution in [2.45, 2.75) is 30.3 Å². The minimum atomic E-state index is -4.13. The first-order valence-corrected chi connectivity index (χ1v) is 10.2. The molecule has 27 heavy (non-hydrogen) atoms. The normalized spacial score (nSPS) is 17.8. The Balaban J connectivity index is 1.61. The van der Waals surface area contributed by atoms with Crippen LogP contribution in [0.5, 0.6) is 0 Å². The number of nitrogens with one attached hydrogen (secondary N) is 3. The van der Waals surface area contributed by atoms with Crippen molar-refractivity contribution < 1.29 is 17.6 Å². The summed E-state index contributed by atoms with van der Waals surface area (Å²) in [5, 5.41) is 6.11. The lowest BCUT2D eigenvalue weighted by molar-refractivity contribution is -0.122. The smallest absolute Gasteiger partial charge is 0.244 e. The van der Waals surface area contributed by atoms with E-state index in [1.165, 1.54) is 24.6 Å². The fourth-order valence-electron chi connectivity index (χ4n) is 3.14. The summed E-state index contributed by atoms with van der Waals surface area (Å²) in [6, 6.07) is 12.0. The summed E-state index contributed by atoms with van der Waals surface area (Å²) in [6.07, 6.45) is 0.930. The molecule has 6 nitrogen and oxygen atoms in total. The van der Waals surface area contributed by atoms with Gasteiger partial charge in [0.2, 0.25) is 15.9 Å². The quantitative estimate of drug-likeness (QED) is 0.696. The molecule has 8 heteroatoms. The lowest BCUT2D eigenvalue weighted by Crippen LogP contribution is -2.47.